The van der Waals surface area contributed by atoms with Crippen LogP contribution in [0.4, 0.5) is 0 Å². The predicted molar refractivity (Wildman–Crippen MR) is 48.5 cm³/mol. The molecule has 1 N–H and O–H groups in total. The Labute approximate surface area is 72.4 Å². The van der Waals surface area contributed by atoms with Gasteiger partial charge in [-0.2, -0.15) is 5.10 Å². The molecule has 0 saturated heterocycles. The van der Waals surface area contributed by atoms with Gasteiger partial charge in [0.25, 0.3) is 0 Å². The Morgan fingerprint density at radius 3 is 2.67 bits per heavy atom. The van der Waals surface area contributed by atoms with E-state index >= 15 is 0 Å². The summed E-state index contributed by atoms with van der Waals surface area (Å²) in [4.78, 5) is 0. The lowest BCUT2D eigenvalue weighted by Crippen LogP contribution is -2.17. The van der Waals surface area contributed by atoms with Crippen LogP contribution in [0.1, 0.15) is 26.5 Å². The summed E-state index contributed by atoms with van der Waals surface area (Å²) in [6.45, 7) is 9.73. The van der Waals surface area contributed by atoms with Crippen molar-refractivity contribution >= 4 is 5.76 Å². The van der Waals surface area contributed by atoms with Crippen LogP contribution in [-0.2, 0) is 4.74 Å². The van der Waals surface area contributed by atoms with Crippen LogP contribution in [0, 0.1) is 0 Å². The summed E-state index contributed by atoms with van der Waals surface area (Å²) >= 11 is 0. The van der Waals surface area contributed by atoms with Crippen molar-refractivity contribution in [1.29, 1.82) is 0 Å². The molecule has 0 atom stereocenters. The number of ether oxygens (including phenoxy) is 1. The Bertz CT molecular complexity index is 257. The van der Waals surface area contributed by atoms with Gasteiger partial charge in [0.2, 0.25) is 0 Å². The van der Waals surface area contributed by atoms with Crippen molar-refractivity contribution in [2.24, 2.45) is 0 Å². The molecule has 3 heteroatoms. The molecule has 0 bridgehead atoms. The van der Waals surface area contributed by atoms with Crippen molar-refractivity contribution in [3.8, 4) is 0 Å². The fraction of sp³-hybridized carbons (Fsp3) is 0.444. The van der Waals surface area contributed by atoms with Crippen molar-refractivity contribution in [3.05, 3.63) is 24.5 Å². The minimum Gasteiger partial charge on any atom is -0.487 e. The molecular formula is C9H14N2O. The lowest BCUT2D eigenvalue weighted by molar-refractivity contribution is 0.0970. The summed E-state index contributed by atoms with van der Waals surface area (Å²) in [5.74, 6) is 0.625. The number of hydrogen-bond acceptors (Lipinski definition) is 2. The number of aromatic amines is 1. The zero-order chi connectivity index (χ0) is 9.19. The maximum Gasteiger partial charge on any atom is 0.137 e. The molecule has 1 aromatic heterocycles. The van der Waals surface area contributed by atoms with Crippen molar-refractivity contribution in [2.45, 2.75) is 26.4 Å². The molecule has 3 nitrogen and oxygen atoms in total. The second kappa shape index (κ2) is 3.01. The topological polar surface area (TPSA) is 37.9 Å². The van der Waals surface area contributed by atoms with Crippen molar-refractivity contribution in [3.63, 3.8) is 0 Å². The normalized spacial score (nSPS) is 11.2. The molecule has 0 aliphatic carbocycles. The molecule has 0 aliphatic rings. The summed E-state index contributed by atoms with van der Waals surface area (Å²) in [5.41, 5.74) is 0.618. The molecule has 1 aromatic rings. The monoisotopic (exact) mass is 166 g/mol. The third-order valence-electron chi connectivity index (χ3n) is 1.23. The molecule has 0 aliphatic heterocycles. The molecule has 1 heterocycles. The Morgan fingerprint density at radius 1 is 1.58 bits per heavy atom. The zero-order valence-electron chi connectivity index (χ0n) is 7.72. The van der Waals surface area contributed by atoms with Gasteiger partial charge >= 0.3 is 0 Å². The van der Waals surface area contributed by atoms with E-state index in [1.54, 1.807) is 6.20 Å². The minimum atomic E-state index is -0.206. The van der Waals surface area contributed by atoms with Gasteiger partial charge in [-0.25, -0.2) is 0 Å². The van der Waals surface area contributed by atoms with E-state index in [9.17, 15) is 0 Å². The Hall–Kier alpha value is -1.25. The van der Waals surface area contributed by atoms with Gasteiger partial charge in [-0.1, -0.05) is 6.58 Å². The average Bonchev–Trinajstić information content (AvgIpc) is 2.32. The molecule has 66 valence electrons. The molecule has 0 spiro atoms. The van der Waals surface area contributed by atoms with Crippen LogP contribution in [0.25, 0.3) is 5.76 Å². The van der Waals surface area contributed by atoms with Gasteiger partial charge in [0.15, 0.2) is 0 Å². The molecule has 0 fully saturated rings. The third kappa shape index (κ3) is 2.42. The molecular weight excluding hydrogens is 152 g/mol. The third-order valence-corrected chi connectivity index (χ3v) is 1.23. The van der Waals surface area contributed by atoms with Crippen molar-refractivity contribution < 1.29 is 4.74 Å². The predicted octanol–water partition coefficient (Wildman–Crippen LogP) is 2.20. The summed E-state index contributed by atoms with van der Waals surface area (Å²) in [6.07, 6.45) is 1.67. The van der Waals surface area contributed by atoms with Gasteiger partial charge in [-0.05, 0) is 26.8 Å². The minimum absolute atomic E-state index is 0.206. The van der Waals surface area contributed by atoms with Crippen LogP contribution >= 0.6 is 0 Å². The molecule has 0 radical (unpaired) electrons. The maximum atomic E-state index is 5.52. The van der Waals surface area contributed by atoms with Gasteiger partial charge in [0.1, 0.15) is 11.4 Å². The van der Waals surface area contributed by atoms with Gasteiger partial charge in [-0.15, -0.1) is 0 Å². The first-order valence-corrected chi connectivity index (χ1v) is 3.87. The highest BCUT2D eigenvalue weighted by Crippen LogP contribution is 2.18. The van der Waals surface area contributed by atoms with E-state index in [0.29, 0.717) is 5.76 Å². The van der Waals surface area contributed by atoms with Crippen molar-refractivity contribution in [1.82, 2.24) is 10.2 Å². The standard InChI is InChI=1S/C9H14N2O/c1-7(12-9(2,3)4)8-5-6-10-11-8/h5-6H,1H2,2-4H3,(H,10,11). The van der Waals surface area contributed by atoms with Crippen LogP contribution in [-0.4, -0.2) is 15.8 Å². The molecule has 0 aromatic carbocycles. The number of hydrogen-bond donors (Lipinski definition) is 1. The van der Waals surface area contributed by atoms with Gasteiger partial charge in [0.05, 0.1) is 5.69 Å². The number of rotatable bonds is 2. The van der Waals surface area contributed by atoms with Crippen LogP contribution in [0.15, 0.2) is 18.8 Å². The zero-order valence-corrected chi connectivity index (χ0v) is 7.72. The number of nitrogens with zero attached hydrogens (tertiary/aromatic N) is 1. The van der Waals surface area contributed by atoms with Crippen LogP contribution in [0.2, 0.25) is 0 Å². The first kappa shape index (κ1) is 8.84. The van der Waals surface area contributed by atoms with E-state index in [2.05, 4.69) is 16.8 Å². The van der Waals surface area contributed by atoms with Gasteiger partial charge in [-0.3, -0.25) is 5.10 Å². The van der Waals surface area contributed by atoms with E-state index < -0.39 is 0 Å². The molecule has 1 rings (SSSR count). The Morgan fingerprint density at radius 2 is 2.25 bits per heavy atom. The average molecular weight is 166 g/mol. The quantitative estimate of drug-likeness (QED) is 0.684. The van der Waals surface area contributed by atoms with Crippen LogP contribution < -0.4 is 0 Å². The van der Waals surface area contributed by atoms with E-state index in [1.165, 1.54) is 0 Å². The largest absolute Gasteiger partial charge is 0.487 e. The lowest BCUT2D eigenvalue weighted by atomic mass is 10.2. The molecule has 12 heavy (non-hydrogen) atoms. The van der Waals surface area contributed by atoms with Gasteiger partial charge in [0, 0.05) is 6.20 Å². The summed E-state index contributed by atoms with van der Waals surface area (Å²) in [7, 11) is 0. The summed E-state index contributed by atoms with van der Waals surface area (Å²) in [6, 6.07) is 1.83. The fourth-order valence-corrected chi connectivity index (χ4v) is 0.836. The first-order valence-electron chi connectivity index (χ1n) is 3.87. The van der Waals surface area contributed by atoms with E-state index in [4.69, 9.17) is 4.74 Å². The highest BCUT2D eigenvalue weighted by atomic mass is 16.5. The van der Waals surface area contributed by atoms with E-state index in [1.807, 2.05) is 26.8 Å². The van der Waals surface area contributed by atoms with E-state index in [0.717, 1.165) is 5.69 Å². The molecule has 0 saturated carbocycles. The second-order valence-electron chi connectivity index (χ2n) is 3.61. The maximum absolute atomic E-state index is 5.52. The first-order chi connectivity index (χ1) is 5.49. The summed E-state index contributed by atoms with van der Waals surface area (Å²) < 4.78 is 5.52. The Kier molecular flexibility index (Phi) is 2.22. The number of aromatic nitrogens is 2. The van der Waals surface area contributed by atoms with Crippen molar-refractivity contribution in [2.75, 3.05) is 0 Å². The molecule has 0 unspecified atom stereocenters. The number of nitrogens with one attached hydrogen (secondary N) is 1. The SMILES string of the molecule is C=C(OC(C)(C)C)c1ccn[nH]1. The lowest BCUT2D eigenvalue weighted by Gasteiger charge is -2.21. The highest BCUT2D eigenvalue weighted by molar-refractivity contribution is 5.52. The second-order valence-corrected chi connectivity index (χ2v) is 3.61. The van der Waals surface area contributed by atoms with Gasteiger partial charge < -0.3 is 4.74 Å². The molecule has 0 amide bonds. The smallest absolute Gasteiger partial charge is 0.137 e. The van der Waals surface area contributed by atoms with E-state index in [-0.39, 0.29) is 5.60 Å². The number of H-pyrrole nitrogens is 1. The highest BCUT2D eigenvalue weighted by Gasteiger charge is 2.13. The van der Waals surface area contributed by atoms with Crippen LogP contribution in [0.3, 0.4) is 0 Å². The van der Waals surface area contributed by atoms with Crippen LogP contribution in [0.5, 0.6) is 0 Å². The Balaban J connectivity index is 2.63. The fourth-order valence-electron chi connectivity index (χ4n) is 0.836. The summed E-state index contributed by atoms with van der Waals surface area (Å²) in [5, 5.41) is 6.59.